The summed E-state index contributed by atoms with van der Waals surface area (Å²) in [6.45, 7) is 0.874. The fraction of sp³-hybridized carbons (Fsp3) is 0.200. The molecular formula is C25H22N4O. The number of aryl methyl sites for hydroxylation is 1. The molecule has 0 unspecified atom stereocenters. The van der Waals surface area contributed by atoms with E-state index < -0.39 is 5.54 Å². The molecule has 2 heterocycles. The van der Waals surface area contributed by atoms with Gasteiger partial charge < -0.3 is 14.6 Å². The summed E-state index contributed by atoms with van der Waals surface area (Å²) in [4.78, 5) is 4.35. The molecule has 3 aromatic carbocycles. The van der Waals surface area contributed by atoms with Gasteiger partial charge in [-0.3, -0.25) is 0 Å². The third-order valence-corrected chi connectivity index (χ3v) is 5.95. The van der Waals surface area contributed by atoms with Gasteiger partial charge in [-0.25, -0.2) is 4.98 Å². The molecule has 1 aliphatic heterocycles. The first-order valence-corrected chi connectivity index (χ1v) is 10.1. The minimum Gasteiger partial charge on any atom is -0.456 e. The van der Waals surface area contributed by atoms with Crippen LogP contribution in [-0.4, -0.2) is 16.1 Å². The monoisotopic (exact) mass is 394 g/mol. The smallest absolute Gasteiger partial charge is 0.135 e. The molecule has 5 rings (SSSR count). The van der Waals surface area contributed by atoms with Gasteiger partial charge in [0, 0.05) is 18.0 Å². The van der Waals surface area contributed by atoms with Crippen molar-refractivity contribution in [1.82, 2.24) is 14.9 Å². The van der Waals surface area contributed by atoms with E-state index in [-0.39, 0.29) is 0 Å². The second-order valence-corrected chi connectivity index (χ2v) is 7.70. The maximum Gasteiger partial charge on any atom is 0.135 e. The van der Waals surface area contributed by atoms with E-state index in [2.05, 4.69) is 34.6 Å². The first-order valence-electron chi connectivity index (χ1n) is 10.1. The zero-order chi connectivity index (χ0) is 20.6. The number of hydrogen-bond donors (Lipinski definition) is 1. The Bertz CT molecular complexity index is 1260. The summed E-state index contributed by atoms with van der Waals surface area (Å²) in [6.07, 6.45) is 5.57. The SMILES string of the molecule is Cn1cncc1[C@@]1(c2c(C#N)cccc2Oc2cccc3ccccc23)CCCN1. The van der Waals surface area contributed by atoms with Crippen molar-refractivity contribution in [3.63, 3.8) is 0 Å². The quantitative estimate of drug-likeness (QED) is 0.537. The minimum atomic E-state index is -0.516. The molecule has 1 saturated heterocycles. The molecule has 4 aromatic rings. The predicted molar refractivity (Wildman–Crippen MR) is 116 cm³/mol. The summed E-state index contributed by atoms with van der Waals surface area (Å²) >= 11 is 0. The van der Waals surface area contributed by atoms with Crippen LogP contribution in [0.1, 0.15) is 29.7 Å². The van der Waals surface area contributed by atoms with Crippen molar-refractivity contribution in [2.75, 3.05) is 6.54 Å². The van der Waals surface area contributed by atoms with Crippen molar-refractivity contribution >= 4 is 10.8 Å². The van der Waals surface area contributed by atoms with Crippen molar-refractivity contribution in [2.24, 2.45) is 7.05 Å². The van der Waals surface area contributed by atoms with Crippen LogP contribution in [-0.2, 0) is 12.6 Å². The number of nitrogens with one attached hydrogen (secondary N) is 1. The number of nitriles is 1. The Morgan fingerprint density at radius 3 is 2.63 bits per heavy atom. The average Bonchev–Trinajstić information content (AvgIpc) is 3.43. The molecule has 5 heteroatoms. The molecule has 5 nitrogen and oxygen atoms in total. The van der Waals surface area contributed by atoms with Crippen molar-refractivity contribution in [3.8, 4) is 17.6 Å². The first-order chi connectivity index (χ1) is 14.7. The summed E-state index contributed by atoms with van der Waals surface area (Å²) in [5.41, 5.74) is 2.01. The van der Waals surface area contributed by atoms with Gasteiger partial charge in [-0.05, 0) is 43.0 Å². The second kappa shape index (κ2) is 7.33. The highest BCUT2D eigenvalue weighted by Gasteiger charge is 2.43. The number of aromatic nitrogens is 2. The summed E-state index contributed by atoms with van der Waals surface area (Å²) < 4.78 is 8.54. The number of nitrogens with zero attached hydrogens (tertiary/aromatic N) is 3. The number of imidazole rings is 1. The lowest BCUT2D eigenvalue weighted by Crippen LogP contribution is -2.40. The van der Waals surface area contributed by atoms with Crippen molar-refractivity contribution in [3.05, 3.63) is 90.0 Å². The molecule has 0 radical (unpaired) electrons. The fourth-order valence-corrected chi connectivity index (χ4v) is 4.62. The lowest BCUT2D eigenvalue weighted by atomic mass is 9.82. The van der Waals surface area contributed by atoms with Crippen LogP contribution in [0.5, 0.6) is 11.5 Å². The molecule has 1 atom stereocenters. The maximum absolute atomic E-state index is 9.97. The number of ether oxygens (including phenoxy) is 1. The van der Waals surface area contributed by atoms with E-state index in [1.807, 2.05) is 60.3 Å². The van der Waals surface area contributed by atoms with Crippen molar-refractivity contribution in [2.45, 2.75) is 18.4 Å². The third-order valence-electron chi connectivity index (χ3n) is 5.95. The van der Waals surface area contributed by atoms with Crippen LogP contribution in [0.15, 0.2) is 73.2 Å². The summed E-state index contributed by atoms with van der Waals surface area (Å²) in [5, 5.41) is 15.8. The van der Waals surface area contributed by atoms with Crippen LogP contribution >= 0.6 is 0 Å². The number of rotatable bonds is 4. The van der Waals surface area contributed by atoms with E-state index in [1.165, 1.54) is 0 Å². The number of hydrogen-bond acceptors (Lipinski definition) is 4. The zero-order valence-electron chi connectivity index (χ0n) is 16.8. The average molecular weight is 394 g/mol. The van der Waals surface area contributed by atoms with Gasteiger partial charge >= 0.3 is 0 Å². The van der Waals surface area contributed by atoms with Gasteiger partial charge in [0.25, 0.3) is 0 Å². The van der Waals surface area contributed by atoms with Crippen LogP contribution < -0.4 is 10.1 Å². The van der Waals surface area contributed by atoms with Gasteiger partial charge in [0.15, 0.2) is 0 Å². The molecule has 1 aromatic heterocycles. The molecular weight excluding hydrogens is 372 g/mol. The van der Waals surface area contributed by atoms with Crippen molar-refractivity contribution < 1.29 is 4.74 Å². The second-order valence-electron chi connectivity index (χ2n) is 7.70. The maximum atomic E-state index is 9.97. The van der Waals surface area contributed by atoms with Gasteiger partial charge in [-0.15, -0.1) is 0 Å². The molecule has 0 aliphatic carbocycles. The van der Waals surface area contributed by atoms with Gasteiger partial charge in [-0.2, -0.15) is 5.26 Å². The van der Waals surface area contributed by atoms with E-state index in [0.717, 1.165) is 47.2 Å². The normalized spacial score (nSPS) is 18.4. The highest BCUT2D eigenvalue weighted by molar-refractivity contribution is 5.88. The largest absolute Gasteiger partial charge is 0.456 e. The molecule has 0 amide bonds. The molecule has 1 aliphatic rings. The lowest BCUT2D eigenvalue weighted by Gasteiger charge is -2.33. The molecule has 0 saturated carbocycles. The Morgan fingerprint density at radius 2 is 1.87 bits per heavy atom. The molecule has 0 spiro atoms. The molecule has 0 bridgehead atoms. The van der Waals surface area contributed by atoms with Crippen LogP contribution in [0.25, 0.3) is 10.8 Å². The van der Waals surface area contributed by atoms with E-state index in [0.29, 0.717) is 11.3 Å². The highest BCUT2D eigenvalue weighted by atomic mass is 16.5. The highest BCUT2D eigenvalue weighted by Crippen LogP contribution is 2.45. The van der Waals surface area contributed by atoms with E-state index >= 15 is 0 Å². The third kappa shape index (κ3) is 2.85. The Balaban J connectivity index is 1.72. The topological polar surface area (TPSA) is 62.9 Å². The Hall–Kier alpha value is -3.62. The van der Waals surface area contributed by atoms with E-state index in [4.69, 9.17) is 4.74 Å². The van der Waals surface area contributed by atoms with Gasteiger partial charge in [0.1, 0.15) is 11.5 Å². The van der Waals surface area contributed by atoms with Gasteiger partial charge in [0.2, 0.25) is 0 Å². The van der Waals surface area contributed by atoms with Gasteiger partial charge in [-0.1, -0.05) is 42.5 Å². The summed E-state index contributed by atoms with van der Waals surface area (Å²) in [6, 6.07) is 22.3. The molecule has 148 valence electrons. The molecule has 30 heavy (non-hydrogen) atoms. The Morgan fingerprint density at radius 1 is 1.07 bits per heavy atom. The number of fused-ring (bicyclic) bond motifs is 1. The fourth-order valence-electron chi connectivity index (χ4n) is 4.62. The van der Waals surface area contributed by atoms with Gasteiger partial charge in [0.05, 0.1) is 35.4 Å². The predicted octanol–water partition coefficient (Wildman–Crippen LogP) is 4.86. The Kier molecular flexibility index (Phi) is 4.50. The van der Waals surface area contributed by atoms with Crippen LogP contribution in [0.4, 0.5) is 0 Å². The lowest BCUT2D eigenvalue weighted by molar-refractivity contribution is 0.410. The van der Waals surface area contributed by atoms with E-state index in [1.54, 1.807) is 6.33 Å². The Labute approximate surface area is 175 Å². The van der Waals surface area contributed by atoms with Crippen LogP contribution in [0.2, 0.25) is 0 Å². The molecule has 1 N–H and O–H groups in total. The molecule has 1 fully saturated rings. The zero-order valence-corrected chi connectivity index (χ0v) is 16.8. The summed E-state index contributed by atoms with van der Waals surface area (Å²) in [7, 11) is 1.99. The van der Waals surface area contributed by atoms with Crippen LogP contribution in [0.3, 0.4) is 0 Å². The minimum absolute atomic E-state index is 0.516. The first kappa shape index (κ1) is 18.4. The van der Waals surface area contributed by atoms with Crippen LogP contribution in [0, 0.1) is 11.3 Å². The standard InChI is InChI=1S/C25H22N4O/c1-29-17-27-16-23(29)25(13-6-14-28-25)24-19(15-26)9-5-12-22(24)30-21-11-4-8-18-7-2-3-10-20(18)21/h2-5,7-12,16-17,28H,6,13-14H2,1H3/t25-/m1/s1. The number of benzene rings is 3. The summed E-state index contributed by atoms with van der Waals surface area (Å²) in [5.74, 6) is 1.48. The van der Waals surface area contributed by atoms with E-state index in [9.17, 15) is 5.26 Å². The van der Waals surface area contributed by atoms with Crippen molar-refractivity contribution in [1.29, 1.82) is 5.26 Å².